The smallest absolute Gasteiger partial charge is 0.191 e. The molecule has 1 aromatic rings. The summed E-state index contributed by atoms with van der Waals surface area (Å²) in [4.78, 5) is 4.59. The van der Waals surface area contributed by atoms with Crippen LogP contribution in [0.15, 0.2) is 41.4 Å². The largest absolute Gasteiger partial charge is 0.357 e. The number of guanidine groups is 1. The summed E-state index contributed by atoms with van der Waals surface area (Å²) in [6, 6.07) is 8.28. The van der Waals surface area contributed by atoms with Crippen molar-refractivity contribution in [1.29, 1.82) is 0 Å². The van der Waals surface area contributed by atoms with Gasteiger partial charge in [-0.15, -0.1) is 0 Å². The van der Waals surface area contributed by atoms with Crippen molar-refractivity contribution in [3.8, 4) is 0 Å². The van der Waals surface area contributed by atoms with Crippen molar-refractivity contribution in [1.82, 2.24) is 10.6 Å². The van der Waals surface area contributed by atoms with Crippen molar-refractivity contribution in [2.45, 2.75) is 32.4 Å². The van der Waals surface area contributed by atoms with E-state index < -0.39 is 0 Å². The molecule has 0 unspecified atom stereocenters. The first-order chi connectivity index (χ1) is 9.29. The van der Waals surface area contributed by atoms with Gasteiger partial charge in [-0.3, -0.25) is 0 Å². The molecule has 2 rings (SSSR count). The maximum absolute atomic E-state index is 6.13. The third-order valence-electron chi connectivity index (χ3n) is 3.06. The predicted octanol–water partition coefficient (Wildman–Crippen LogP) is 3.11. The Kier molecular flexibility index (Phi) is 5.28. The van der Waals surface area contributed by atoms with Gasteiger partial charge in [-0.05, 0) is 31.4 Å². The molecule has 0 saturated heterocycles. The van der Waals surface area contributed by atoms with Gasteiger partial charge in [0.05, 0.1) is 6.54 Å². The lowest BCUT2D eigenvalue weighted by atomic mass is 10.2. The van der Waals surface area contributed by atoms with Crippen LogP contribution in [0.1, 0.15) is 25.3 Å². The van der Waals surface area contributed by atoms with E-state index >= 15 is 0 Å². The molecule has 1 aliphatic carbocycles. The molecule has 0 aromatic heterocycles. The highest BCUT2D eigenvalue weighted by Gasteiger charge is 2.11. The standard InChI is InChI=1S/C15H20ClN3/c1-2-17-15(19-13-8-4-5-9-13)18-11-12-7-3-6-10-14(12)16/h3-7,10,13H,2,8-9,11H2,1H3,(H2,17,18,19). The Hall–Kier alpha value is -1.48. The normalized spacial score (nSPS) is 15.8. The van der Waals surface area contributed by atoms with E-state index in [4.69, 9.17) is 11.6 Å². The van der Waals surface area contributed by atoms with Gasteiger partial charge < -0.3 is 10.6 Å². The van der Waals surface area contributed by atoms with Gasteiger partial charge in [0.15, 0.2) is 5.96 Å². The molecule has 0 spiro atoms. The fourth-order valence-electron chi connectivity index (χ4n) is 2.04. The van der Waals surface area contributed by atoms with Crippen molar-refractivity contribution in [3.05, 3.63) is 47.0 Å². The summed E-state index contributed by atoms with van der Waals surface area (Å²) in [6.45, 7) is 3.52. The summed E-state index contributed by atoms with van der Waals surface area (Å²) in [5, 5.41) is 7.48. The number of aliphatic imine (C=N–C) groups is 1. The van der Waals surface area contributed by atoms with Crippen molar-refractivity contribution in [3.63, 3.8) is 0 Å². The first kappa shape index (κ1) is 13.9. The first-order valence-corrected chi connectivity index (χ1v) is 7.10. The Morgan fingerprint density at radius 2 is 2.05 bits per heavy atom. The maximum atomic E-state index is 6.13. The number of rotatable bonds is 4. The van der Waals surface area contributed by atoms with Gasteiger partial charge in [-0.2, -0.15) is 0 Å². The van der Waals surface area contributed by atoms with E-state index in [1.807, 2.05) is 24.3 Å². The minimum atomic E-state index is 0.462. The summed E-state index contributed by atoms with van der Waals surface area (Å²) in [5.41, 5.74) is 1.05. The van der Waals surface area contributed by atoms with Crippen LogP contribution in [0, 0.1) is 0 Å². The van der Waals surface area contributed by atoms with Gasteiger partial charge in [0.2, 0.25) is 0 Å². The second-order valence-electron chi connectivity index (χ2n) is 4.57. The molecule has 0 saturated carbocycles. The van der Waals surface area contributed by atoms with E-state index in [2.05, 4.69) is 34.7 Å². The molecule has 3 nitrogen and oxygen atoms in total. The summed E-state index contributed by atoms with van der Waals surface area (Å²) >= 11 is 6.13. The second kappa shape index (κ2) is 7.19. The monoisotopic (exact) mass is 277 g/mol. The lowest BCUT2D eigenvalue weighted by Gasteiger charge is -2.16. The van der Waals surface area contributed by atoms with Crippen LogP contribution in [-0.2, 0) is 6.54 Å². The number of hydrogen-bond donors (Lipinski definition) is 2. The molecule has 4 heteroatoms. The van der Waals surface area contributed by atoms with Gasteiger partial charge in [0.25, 0.3) is 0 Å². The zero-order valence-corrected chi connectivity index (χ0v) is 12.0. The second-order valence-corrected chi connectivity index (χ2v) is 4.98. The minimum absolute atomic E-state index is 0.462. The number of hydrogen-bond acceptors (Lipinski definition) is 1. The molecule has 0 radical (unpaired) electrons. The van der Waals surface area contributed by atoms with E-state index in [1.54, 1.807) is 0 Å². The molecular formula is C15H20ClN3. The van der Waals surface area contributed by atoms with Crippen LogP contribution in [0.3, 0.4) is 0 Å². The third-order valence-corrected chi connectivity index (χ3v) is 3.43. The Morgan fingerprint density at radius 3 is 2.74 bits per heavy atom. The van der Waals surface area contributed by atoms with Crippen molar-refractivity contribution in [2.75, 3.05) is 6.54 Å². The third kappa shape index (κ3) is 4.28. The Balaban J connectivity index is 1.97. The maximum Gasteiger partial charge on any atom is 0.191 e. The highest BCUT2D eigenvalue weighted by Crippen LogP contribution is 2.15. The van der Waals surface area contributed by atoms with E-state index in [-0.39, 0.29) is 0 Å². The van der Waals surface area contributed by atoms with Crippen LogP contribution < -0.4 is 10.6 Å². The summed E-state index contributed by atoms with van der Waals surface area (Å²) in [5.74, 6) is 0.858. The molecule has 0 fully saturated rings. The number of nitrogens with zero attached hydrogens (tertiary/aromatic N) is 1. The topological polar surface area (TPSA) is 36.4 Å². The highest BCUT2D eigenvalue weighted by atomic mass is 35.5. The van der Waals surface area contributed by atoms with Crippen LogP contribution in [0.2, 0.25) is 5.02 Å². The average molecular weight is 278 g/mol. The summed E-state index contributed by atoms with van der Waals surface area (Å²) in [7, 11) is 0. The Labute approximate surface area is 119 Å². The van der Waals surface area contributed by atoms with Crippen LogP contribution in [-0.4, -0.2) is 18.5 Å². The number of halogens is 1. The van der Waals surface area contributed by atoms with E-state index in [9.17, 15) is 0 Å². The fraction of sp³-hybridized carbons (Fsp3) is 0.400. The van der Waals surface area contributed by atoms with Crippen molar-refractivity contribution >= 4 is 17.6 Å². The summed E-state index contributed by atoms with van der Waals surface area (Å²) < 4.78 is 0. The molecule has 0 amide bonds. The zero-order chi connectivity index (χ0) is 13.5. The lowest BCUT2D eigenvalue weighted by Crippen LogP contribution is -2.42. The molecular weight excluding hydrogens is 258 g/mol. The van der Waals surface area contributed by atoms with Crippen LogP contribution >= 0.6 is 11.6 Å². The summed E-state index contributed by atoms with van der Waals surface area (Å²) in [6.07, 6.45) is 6.54. The molecule has 0 heterocycles. The van der Waals surface area contributed by atoms with Gasteiger partial charge in [0, 0.05) is 17.6 Å². The molecule has 0 atom stereocenters. The average Bonchev–Trinajstić information content (AvgIpc) is 2.91. The fourth-order valence-corrected chi connectivity index (χ4v) is 2.23. The van der Waals surface area contributed by atoms with Gasteiger partial charge >= 0.3 is 0 Å². The first-order valence-electron chi connectivity index (χ1n) is 6.73. The van der Waals surface area contributed by atoms with Crippen LogP contribution in [0.25, 0.3) is 0 Å². The van der Waals surface area contributed by atoms with E-state index in [0.29, 0.717) is 12.6 Å². The van der Waals surface area contributed by atoms with Crippen molar-refractivity contribution < 1.29 is 0 Å². The Morgan fingerprint density at radius 1 is 1.32 bits per heavy atom. The van der Waals surface area contributed by atoms with E-state index in [0.717, 1.165) is 35.9 Å². The molecule has 2 N–H and O–H groups in total. The number of nitrogens with one attached hydrogen (secondary N) is 2. The number of benzene rings is 1. The molecule has 0 bridgehead atoms. The Bertz CT molecular complexity index is 460. The van der Waals surface area contributed by atoms with Crippen LogP contribution in [0.4, 0.5) is 0 Å². The molecule has 19 heavy (non-hydrogen) atoms. The molecule has 102 valence electrons. The van der Waals surface area contributed by atoms with Gasteiger partial charge in [-0.1, -0.05) is 42.0 Å². The van der Waals surface area contributed by atoms with Crippen molar-refractivity contribution in [2.24, 2.45) is 4.99 Å². The molecule has 1 aromatic carbocycles. The molecule has 1 aliphatic rings. The quantitative estimate of drug-likeness (QED) is 0.504. The lowest BCUT2D eigenvalue weighted by molar-refractivity contribution is 0.633. The molecule has 0 aliphatic heterocycles. The van der Waals surface area contributed by atoms with Gasteiger partial charge in [0.1, 0.15) is 0 Å². The van der Waals surface area contributed by atoms with Crippen LogP contribution in [0.5, 0.6) is 0 Å². The highest BCUT2D eigenvalue weighted by molar-refractivity contribution is 6.31. The zero-order valence-electron chi connectivity index (χ0n) is 11.2. The minimum Gasteiger partial charge on any atom is -0.357 e. The van der Waals surface area contributed by atoms with E-state index in [1.165, 1.54) is 0 Å². The predicted molar refractivity (Wildman–Crippen MR) is 81.6 cm³/mol. The SMILES string of the molecule is CCNC(=NCc1ccccc1Cl)NC1CC=CC1. The van der Waals surface area contributed by atoms with Gasteiger partial charge in [-0.25, -0.2) is 4.99 Å².